The second-order valence-corrected chi connectivity index (χ2v) is 5.72. The highest BCUT2D eigenvalue weighted by Gasteiger charge is 2.19. The lowest BCUT2D eigenvalue weighted by molar-refractivity contribution is 0.412. The van der Waals surface area contributed by atoms with Gasteiger partial charge < -0.3 is 10.5 Å². The molecule has 116 valence electrons. The van der Waals surface area contributed by atoms with E-state index >= 15 is 0 Å². The van der Waals surface area contributed by atoms with Gasteiger partial charge in [-0.3, -0.25) is 9.36 Å². The number of hydrogen-bond acceptors (Lipinski definition) is 3. The molecule has 0 spiro atoms. The lowest BCUT2D eigenvalue weighted by atomic mass is 10.0. The molecular weight excluding hydrogens is 276 g/mol. The molecule has 0 amide bonds. The fraction of sp³-hybridized carbons (Fsp3) is 0.389. The standard InChI is InChI=1S/C18H22N2O2/c1-22-17-10-6-5-9-16(17)20-15-8-4-2-3-7-13(15)11-14(12-19)18(20)21/h5-6,9-11H,2-4,7-8,12,19H2,1H3. The van der Waals surface area contributed by atoms with Crippen molar-refractivity contribution >= 4 is 0 Å². The first-order valence-electron chi connectivity index (χ1n) is 7.86. The van der Waals surface area contributed by atoms with Crippen LogP contribution in [0, 0.1) is 0 Å². The van der Waals surface area contributed by atoms with E-state index in [-0.39, 0.29) is 12.1 Å². The van der Waals surface area contributed by atoms with Crippen molar-refractivity contribution in [2.24, 2.45) is 5.73 Å². The number of pyridine rings is 1. The average molecular weight is 298 g/mol. The Morgan fingerprint density at radius 1 is 1.18 bits per heavy atom. The lowest BCUT2D eigenvalue weighted by Gasteiger charge is -2.19. The maximum absolute atomic E-state index is 12.9. The van der Waals surface area contributed by atoms with Gasteiger partial charge in [0.2, 0.25) is 0 Å². The molecule has 2 N–H and O–H groups in total. The van der Waals surface area contributed by atoms with Crippen molar-refractivity contribution in [3.8, 4) is 11.4 Å². The van der Waals surface area contributed by atoms with Crippen LogP contribution >= 0.6 is 0 Å². The van der Waals surface area contributed by atoms with Crippen LogP contribution in [-0.4, -0.2) is 11.7 Å². The highest BCUT2D eigenvalue weighted by Crippen LogP contribution is 2.27. The molecule has 1 aliphatic carbocycles. The Kier molecular flexibility index (Phi) is 4.29. The summed E-state index contributed by atoms with van der Waals surface area (Å²) in [4.78, 5) is 12.9. The summed E-state index contributed by atoms with van der Waals surface area (Å²) in [5.74, 6) is 0.713. The Morgan fingerprint density at radius 3 is 2.73 bits per heavy atom. The number of benzene rings is 1. The Hall–Kier alpha value is -2.07. The fourth-order valence-electron chi connectivity index (χ4n) is 3.25. The van der Waals surface area contributed by atoms with Gasteiger partial charge in [-0.2, -0.15) is 0 Å². The first kappa shape index (κ1) is 14.9. The Balaban J connectivity index is 2.31. The van der Waals surface area contributed by atoms with Gasteiger partial charge in [0.15, 0.2) is 0 Å². The number of aromatic nitrogens is 1. The number of para-hydroxylation sites is 2. The van der Waals surface area contributed by atoms with Gasteiger partial charge in [-0.15, -0.1) is 0 Å². The lowest BCUT2D eigenvalue weighted by Crippen LogP contribution is -2.28. The Morgan fingerprint density at radius 2 is 1.95 bits per heavy atom. The predicted molar refractivity (Wildman–Crippen MR) is 87.7 cm³/mol. The number of hydrogen-bond donors (Lipinski definition) is 1. The minimum absolute atomic E-state index is 0.0207. The maximum Gasteiger partial charge on any atom is 0.259 e. The quantitative estimate of drug-likeness (QED) is 0.886. The second-order valence-electron chi connectivity index (χ2n) is 5.72. The third kappa shape index (κ3) is 2.55. The van der Waals surface area contributed by atoms with Crippen molar-refractivity contribution in [1.82, 2.24) is 4.57 Å². The molecule has 0 bridgehead atoms. The highest BCUT2D eigenvalue weighted by atomic mass is 16.5. The van der Waals surface area contributed by atoms with Gasteiger partial charge in [-0.05, 0) is 49.4 Å². The molecule has 1 aliphatic rings. The van der Waals surface area contributed by atoms with Gasteiger partial charge in [0, 0.05) is 17.8 Å². The van der Waals surface area contributed by atoms with Gasteiger partial charge in [0.25, 0.3) is 5.56 Å². The van der Waals surface area contributed by atoms with Crippen molar-refractivity contribution in [3.63, 3.8) is 0 Å². The molecule has 0 aliphatic heterocycles. The molecule has 3 rings (SSSR count). The van der Waals surface area contributed by atoms with E-state index in [1.807, 2.05) is 34.9 Å². The van der Waals surface area contributed by atoms with Crippen LogP contribution in [0.1, 0.15) is 36.1 Å². The van der Waals surface area contributed by atoms with Gasteiger partial charge in [0.1, 0.15) is 5.75 Å². The number of ether oxygens (including phenoxy) is 1. The summed E-state index contributed by atoms with van der Waals surface area (Å²) >= 11 is 0. The molecule has 1 heterocycles. The molecule has 0 saturated heterocycles. The summed E-state index contributed by atoms with van der Waals surface area (Å²) in [7, 11) is 1.63. The van der Waals surface area contributed by atoms with Gasteiger partial charge in [0.05, 0.1) is 12.8 Å². The van der Waals surface area contributed by atoms with Crippen molar-refractivity contribution < 1.29 is 4.74 Å². The molecule has 4 nitrogen and oxygen atoms in total. The molecule has 0 radical (unpaired) electrons. The second kappa shape index (κ2) is 6.36. The number of aryl methyl sites for hydroxylation is 1. The van der Waals surface area contributed by atoms with Gasteiger partial charge in [-0.25, -0.2) is 0 Å². The minimum atomic E-state index is -0.0207. The molecule has 2 aromatic rings. The summed E-state index contributed by atoms with van der Waals surface area (Å²) in [5.41, 5.74) is 9.62. The van der Waals surface area contributed by atoms with Crippen LogP contribution in [0.2, 0.25) is 0 Å². The van der Waals surface area contributed by atoms with Gasteiger partial charge in [-0.1, -0.05) is 18.6 Å². The molecule has 0 atom stereocenters. The van der Waals surface area contributed by atoms with Crippen LogP contribution in [0.4, 0.5) is 0 Å². The molecule has 22 heavy (non-hydrogen) atoms. The van der Waals surface area contributed by atoms with Crippen molar-refractivity contribution in [3.05, 3.63) is 57.5 Å². The van der Waals surface area contributed by atoms with Crippen LogP contribution in [0.25, 0.3) is 5.69 Å². The van der Waals surface area contributed by atoms with Crippen LogP contribution < -0.4 is 16.0 Å². The average Bonchev–Trinajstić information content (AvgIpc) is 2.79. The number of methoxy groups -OCH3 is 1. The van der Waals surface area contributed by atoms with E-state index in [9.17, 15) is 4.79 Å². The van der Waals surface area contributed by atoms with E-state index in [1.165, 1.54) is 18.4 Å². The Labute approximate surface area is 130 Å². The van der Waals surface area contributed by atoms with Crippen LogP contribution in [0.15, 0.2) is 35.1 Å². The molecule has 4 heteroatoms. The number of fused-ring (bicyclic) bond motifs is 1. The summed E-state index contributed by atoms with van der Waals surface area (Å²) < 4.78 is 7.28. The summed E-state index contributed by atoms with van der Waals surface area (Å²) in [6.07, 6.45) is 5.42. The van der Waals surface area contributed by atoms with E-state index in [0.717, 1.165) is 30.6 Å². The van der Waals surface area contributed by atoms with Gasteiger partial charge >= 0.3 is 0 Å². The first-order valence-corrected chi connectivity index (χ1v) is 7.86. The van der Waals surface area contributed by atoms with Crippen molar-refractivity contribution in [1.29, 1.82) is 0 Å². The zero-order chi connectivity index (χ0) is 15.5. The first-order chi connectivity index (χ1) is 10.8. The molecule has 1 aromatic carbocycles. The molecule has 0 unspecified atom stereocenters. The zero-order valence-electron chi connectivity index (χ0n) is 13.0. The van der Waals surface area contributed by atoms with E-state index in [0.29, 0.717) is 11.3 Å². The van der Waals surface area contributed by atoms with E-state index in [4.69, 9.17) is 10.5 Å². The molecular formula is C18H22N2O2. The van der Waals surface area contributed by atoms with Crippen LogP contribution in [0.3, 0.4) is 0 Å². The largest absolute Gasteiger partial charge is 0.495 e. The Bertz CT molecular complexity index is 734. The normalized spacial score (nSPS) is 14.3. The highest BCUT2D eigenvalue weighted by molar-refractivity contribution is 5.49. The van der Waals surface area contributed by atoms with E-state index in [2.05, 4.69) is 0 Å². The third-order valence-corrected chi connectivity index (χ3v) is 4.37. The van der Waals surface area contributed by atoms with Crippen LogP contribution in [0.5, 0.6) is 5.75 Å². The fourth-order valence-corrected chi connectivity index (χ4v) is 3.25. The van der Waals surface area contributed by atoms with Crippen molar-refractivity contribution in [2.75, 3.05) is 7.11 Å². The predicted octanol–water partition coefficient (Wildman–Crippen LogP) is 2.57. The number of rotatable bonds is 3. The summed E-state index contributed by atoms with van der Waals surface area (Å²) in [5, 5.41) is 0. The zero-order valence-corrected chi connectivity index (χ0v) is 13.0. The molecule has 0 saturated carbocycles. The minimum Gasteiger partial charge on any atom is -0.495 e. The molecule has 1 aromatic heterocycles. The third-order valence-electron chi connectivity index (χ3n) is 4.37. The number of nitrogens with two attached hydrogens (primary N) is 1. The van der Waals surface area contributed by atoms with Crippen molar-refractivity contribution in [2.45, 2.75) is 38.6 Å². The monoisotopic (exact) mass is 298 g/mol. The topological polar surface area (TPSA) is 57.2 Å². The number of nitrogens with zero attached hydrogens (tertiary/aromatic N) is 1. The smallest absolute Gasteiger partial charge is 0.259 e. The van der Waals surface area contributed by atoms with E-state index < -0.39 is 0 Å². The summed E-state index contributed by atoms with van der Waals surface area (Å²) in [6, 6.07) is 9.68. The van der Waals surface area contributed by atoms with Crippen LogP contribution in [-0.2, 0) is 19.4 Å². The SMILES string of the molecule is COc1ccccc1-n1c2c(cc(CN)c1=O)CCCCC2. The maximum atomic E-state index is 12.9. The summed E-state index contributed by atoms with van der Waals surface area (Å²) in [6.45, 7) is 0.265. The van der Waals surface area contributed by atoms with E-state index in [1.54, 1.807) is 7.11 Å². The molecule has 0 fully saturated rings.